The number of H-pyrrole nitrogens is 1. The smallest absolute Gasteiger partial charge is 0.276 e. The second-order valence-corrected chi connectivity index (χ2v) is 4.88. The van der Waals surface area contributed by atoms with Crippen molar-refractivity contribution in [2.24, 2.45) is 0 Å². The van der Waals surface area contributed by atoms with E-state index in [1.807, 2.05) is 0 Å². The maximum absolute atomic E-state index is 12.2. The van der Waals surface area contributed by atoms with E-state index < -0.39 is 0 Å². The van der Waals surface area contributed by atoms with Gasteiger partial charge in [0.2, 0.25) is 5.91 Å². The number of nitrogens with two attached hydrogens (primary N) is 1. The van der Waals surface area contributed by atoms with Crippen molar-refractivity contribution in [3.63, 3.8) is 0 Å². The topological polar surface area (TPSA) is 104 Å². The van der Waals surface area contributed by atoms with E-state index in [1.165, 1.54) is 6.92 Å². The Labute approximate surface area is 111 Å². The highest BCUT2D eigenvalue weighted by atomic mass is 16.2. The molecular formula is C12H19N5O2. The van der Waals surface area contributed by atoms with Gasteiger partial charge in [-0.1, -0.05) is 0 Å². The number of hydrogen-bond acceptors (Lipinski definition) is 4. The third-order valence-electron chi connectivity index (χ3n) is 3.39. The molecule has 0 bridgehead atoms. The highest BCUT2D eigenvalue weighted by Crippen LogP contribution is 2.18. The average Bonchev–Trinajstić information content (AvgIpc) is 2.69. The standard InChI is InChI=1S/C12H19N5O2/c1-7-10(13)11(16-15-7)12(19)17-5-3-9(4-6-17)14-8(2)18/h9H,3-6,13H2,1-2H3,(H,14,18)(H,15,16). The molecule has 4 N–H and O–H groups in total. The van der Waals surface area contributed by atoms with E-state index in [4.69, 9.17) is 5.73 Å². The molecule has 0 unspecified atom stereocenters. The number of hydrogen-bond donors (Lipinski definition) is 3. The molecule has 1 fully saturated rings. The van der Waals surface area contributed by atoms with Crippen molar-refractivity contribution in [2.75, 3.05) is 18.8 Å². The Morgan fingerprint density at radius 2 is 2.05 bits per heavy atom. The van der Waals surface area contributed by atoms with E-state index >= 15 is 0 Å². The monoisotopic (exact) mass is 265 g/mol. The van der Waals surface area contributed by atoms with Gasteiger partial charge < -0.3 is 16.0 Å². The summed E-state index contributed by atoms with van der Waals surface area (Å²) >= 11 is 0. The van der Waals surface area contributed by atoms with E-state index in [0.29, 0.717) is 24.5 Å². The van der Waals surface area contributed by atoms with Gasteiger partial charge in [-0.3, -0.25) is 14.7 Å². The number of amides is 2. The lowest BCUT2D eigenvalue weighted by molar-refractivity contribution is -0.119. The molecule has 2 heterocycles. The molecule has 0 atom stereocenters. The first-order valence-corrected chi connectivity index (χ1v) is 6.36. The van der Waals surface area contributed by atoms with Crippen LogP contribution in [0.15, 0.2) is 0 Å². The Bertz CT molecular complexity index is 488. The van der Waals surface area contributed by atoms with Crippen LogP contribution in [0.1, 0.15) is 35.9 Å². The third kappa shape index (κ3) is 2.86. The maximum Gasteiger partial charge on any atom is 0.276 e. The number of aromatic nitrogens is 2. The molecule has 0 aromatic carbocycles. The van der Waals surface area contributed by atoms with Crippen LogP contribution < -0.4 is 11.1 Å². The minimum Gasteiger partial charge on any atom is -0.395 e. The van der Waals surface area contributed by atoms with E-state index in [1.54, 1.807) is 11.8 Å². The molecule has 0 spiro atoms. The van der Waals surface area contributed by atoms with Gasteiger partial charge in [-0.25, -0.2) is 0 Å². The molecule has 19 heavy (non-hydrogen) atoms. The third-order valence-corrected chi connectivity index (χ3v) is 3.39. The Morgan fingerprint density at radius 1 is 1.42 bits per heavy atom. The molecule has 7 heteroatoms. The van der Waals surface area contributed by atoms with Gasteiger partial charge in [0.25, 0.3) is 5.91 Å². The molecule has 7 nitrogen and oxygen atoms in total. The van der Waals surface area contributed by atoms with Gasteiger partial charge >= 0.3 is 0 Å². The predicted molar refractivity (Wildman–Crippen MR) is 70.5 cm³/mol. The van der Waals surface area contributed by atoms with Gasteiger partial charge in [-0.05, 0) is 19.8 Å². The normalized spacial score (nSPS) is 16.4. The molecular weight excluding hydrogens is 246 g/mol. The fourth-order valence-corrected chi connectivity index (χ4v) is 2.26. The SMILES string of the molecule is CC(=O)NC1CCN(C(=O)c2n[nH]c(C)c2N)CC1. The number of likely N-dealkylation sites (tertiary alicyclic amines) is 1. The lowest BCUT2D eigenvalue weighted by Gasteiger charge is -2.31. The van der Waals surface area contributed by atoms with Crippen molar-refractivity contribution < 1.29 is 9.59 Å². The number of carbonyl (C=O) groups excluding carboxylic acids is 2. The number of rotatable bonds is 2. The Balaban J connectivity index is 1.96. The summed E-state index contributed by atoms with van der Waals surface area (Å²) in [6.07, 6.45) is 1.52. The van der Waals surface area contributed by atoms with Crippen LogP contribution in [0.5, 0.6) is 0 Å². The molecule has 1 aliphatic rings. The van der Waals surface area contributed by atoms with Crippen LogP contribution >= 0.6 is 0 Å². The van der Waals surface area contributed by atoms with Crippen LogP contribution in [0, 0.1) is 6.92 Å². The summed E-state index contributed by atoms with van der Waals surface area (Å²) in [7, 11) is 0. The number of piperidine rings is 1. The van der Waals surface area contributed by atoms with Crippen molar-refractivity contribution >= 4 is 17.5 Å². The predicted octanol–water partition coefficient (Wildman–Crippen LogP) is 0.0410. The van der Waals surface area contributed by atoms with Crippen LogP contribution in [0.2, 0.25) is 0 Å². The van der Waals surface area contributed by atoms with Crippen molar-refractivity contribution in [2.45, 2.75) is 32.7 Å². The number of nitrogens with one attached hydrogen (secondary N) is 2. The summed E-state index contributed by atoms with van der Waals surface area (Å²) < 4.78 is 0. The van der Waals surface area contributed by atoms with Gasteiger partial charge in [0.1, 0.15) is 0 Å². The summed E-state index contributed by atoms with van der Waals surface area (Å²) in [5.41, 5.74) is 7.21. The molecule has 104 valence electrons. The van der Waals surface area contributed by atoms with Crippen LogP contribution in [0.25, 0.3) is 0 Å². The number of aryl methyl sites for hydroxylation is 1. The van der Waals surface area contributed by atoms with Crippen LogP contribution in [0.3, 0.4) is 0 Å². The fourth-order valence-electron chi connectivity index (χ4n) is 2.26. The van der Waals surface area contributed by atoms with Gasteiger partial charge in [0, 0.05) is 26.1 Å². The number of anilines is 1. The van der Waals surface area contributed by atoms with Crippen molar-refractivity contribution in [1.82, 2.24) is 20.4 Å². The molecule has 1 aliphatic heterocycles. The summed E-state index contributed by atoms with van der Waals surface area (Å²) in [4.78, 5) is 24.9. The first kappa shape index (κ1) is 13.4. The van der Waals surface area contributed by atoms with Crippen molar-refractivity contribution in [1.29, 1.82) is 0 Å². The first-order chi connectivity index (χ1) is 8.99. The minimum absolute atomic E-state index is 0.0306. The fraction of sp³-hybridized carbons (Fsp3) is 0.583. The molecule has 1 aromatic heterocycles. The lowest BCUT2D eigenvalue weighted by Crippen LogP contribution is -2.46. The number of nitrogens with zero attached hydrogens (tertiary/aromatic N) is 2. The molecule has 2 amide bonds. The second kappa shape index (κ2) is 5.29. The number of carbonyl (C=O) groups is 2. The van der Waals surface area contributed by atoms with E-state index in [9.17, 15) is 9.59 Å². The highest BCUT2D eigenvalue weighted by Gasteiger charge is 2.26. The summed E-state index contributed by atoms with van der Waals surface area (Å²) in [6.45, 7) is 4.50. The molecule has 1 saturated heterocycles. The Kier molecular flexibility index (Phi) is 3.73. The summed E-state index contributed by atoms with van der Waals surface area (Å²) in [5.74, 6) is -0.180. The molecule has 1 aromatic rings. The molecule has 0 radical (unpaired) electrons. The quantitative estimate of drug-likeness (QED) is 0.702. The van der Waals surface area contributed by atoms with Crippen molar-refractivity contribution in [3.8, 4) is 0 Å². The molecule has 0 saturated carbocycles. The second-order valence-electron chi connectivity index (χ2n) is 4.88. The summed E-state index contributed by atoms with van der Waals surface area (Å²) in [6, 6.07) is 0.153. The first-order valence-electron chi connectivity index (χ1n) is 6.36. The van der Waals surface area contributed by atoms with Gasteiger partial charge in [0.05, 0.1) is 11.4 Å². The van der Waals surface area contributed by atoms with E-state index in [0.717, 1.165) is 12.8 Å². The molecule has 0 aliphatic carbocycles. The maximum atomic E-state index is 12.2. The van der Waals surface area contributed by atoms with Crippen LogP contribution in [-0.2, 0) is 4.79 Å². The lowest BCUT2D eigenvalue weighted by atomic mass is 10.0. The number of aromatic amines is 1. The molecule has 2 rings (SSSR count). The Hall–Kier alpha value is -2.05. The highest BCUT2D eigenvalue weighted by molar-refractivity contribution is 5.97. The Morgan fingerprint density at radius 3 is 2.53 bits per heavy atom. The van der Waals surface area contributed by atoms with E-state index in [-0.39, 0.29) is 23.6 Å². The zero-order chi connectivity index (χ0) is 14.0. The minimum atomic E-state index is -0.150. The van der Waals surface area contributed by atoms with Gasteiger partial charge in [-0.2, -0.15) is 5.10 Å². The largest absolute Gasteiger partial charge is 0.395 e. The van der Waals surface area contributed by atoms with E-state index in [2.05, 4.69) is 15.5 Å². The summed E-state index contributed by atoms with van der Waals surface area (Å²) in [5, 5.41) is 9.53. The number of nitrogen functional groups attached to an aromatic ring is 1. The zero-order valence-corrected chi connectivity index (χ0v) is 11.2. The average molecular weight is 265 g/mol. The van der Waals surface area contributed by atoms with Crippen LogP contribution in [-0.4, -0.2) is 46.0 Å². The van der Waals surface area contributed by atoms with Crippen molar-refractivity contribution in [3.05, 3.63) is 11.4 Å². The van der Waals surface area contributed by atoms with Gasteiger partial charge in [0.15, 0.2) is 5.69 Å². The van der Waals surface area contributed by atoms with Crippen LogP contribution in [0.4, 0.5) is 5.69 Å². The van der Waals surface area contributed by atoms with Gasteiger partial charge in [-0.15, -0.1) is 0 Å². The zero-order valence-electron chi connectivity index (χ0n) is 11.2.